The Hall–Kier alpha value is -2.60. The molecule has 4 rings (SSSR count). The summed E-state index contributed by atoms with van der Waals surface area (Å²) in [6, 6.07) is 10.0. The van der Waals surface area contributed by atoms with Gasteiger partial charge in [-0.15, -0.1) is 0 Å². The first-order valence-electron chi connectivity index (χ1n) is 8.53. The van der Waals surface area contributed by atoms with E-state index in [0.717, 1.165) is 35.0 Å². The lowest BCUT2D eigenvalue weighted by Gasteiger charge is -2.22. The molecule has 3 aromatic rings. The van der Waals surface area contributed by atoms with Crippen LogP contribution in [0.4, 0.5) is 13.2 Å². The highest BCUT2D eigenvalue weighted by Crippen LogP contribution is 2.29. The number of hydrogen-bond acceptors (Lipinski definition) is 2. The molecule has 0 amide bonds. The van der Waals surface area contributed by atoms with Gasteiger partial charge in [-0.25, -0.2) is 13.2 Å². The minimum Gasteiger partial charge on any atom is -0.310 e. The molecule has 2 heterocycles. The van der Waals surface area contributed by atoms with Crippen molar-refractivity contribution in [1.82, 2.24) is 15.1 Å². The largest absolute Gasteiger partial charge is 0.310 e. The molecule has 26 heavy (non-hydrogen) atoms. The third-order valence-electron chi connectivity index (χ3n) is 4.75. The van der Waals surface area contributed by atoms with E-state index in [4.69, 9.17) is 0 Å². The van der Waals surface area contributed by atoms with Crippen molar-refractivity contribution in [2.75, 3.05) is 0 Å². The van der Waals surface area contributed by atoms with Gasteiger partial charge in [-0.1, -0.05) is 6.07 Å². The van der Waals surface area contributed by atoms with Gasteiger partial charge in [0.2, 0.25) is 0 Å². The molecule has 0 saturated carbocycles. The SMILES string of the molecule is CC1Cc2c(c(-c3ccc(F)cc3)nn2Cc2ccc(F)cc2F)CN1. The average Bonchev–Trinajstić information content (AvgIpc) is 2.96. The molecule has 0 saturated heterocycles. The summed E-state index contributed by atoms with van der Waals surface area (Å²) < 4.78 is 42.3. The van der Waals surface area contributed by atoms with Gasteiger partial charge in [0.05, 0.1) is 12.2 Å². The fourth-order valence-corrected chi connectivity index (χ4v) is 3.37. The molecular formula is C20H18F3N3. The molecule has 1 unspecified atom stereocenters. The highest BCUT2D eigenvalue weighted by molar-refractivity contribution is 5.64. The molecule has 1 aliphatic heterocycles. The molecule has 3 nitrogen and oxygen atoms in total. The maximum absolute atomic E-state index is 14.1. The molecule has 0 bridgehead atoms. The van der Waals surface area contributed by atoms with Gasteiger partial charge in [0.15, 0.2) is 0 Å². The van der Waals surface area contributed by atoms with Gasteiger partial charge < -0.3 is 5.32 Å². The van der Waals surface area contributed by atoms with Crippen molar-refractivity contribution >= 4 is 0 Å². The second kappa shape index (κ2) is 6.61. The number of halogens is 3. The molecule has 2 aromatic carbocycles. The number of benzene rings is 2. The minimum absolute atomic E-state index is 0.225. The molecule has 1 atom stereocenters. The number of rotatable bonds is 3. The fourth-order valence-electron chi connectivity index (χ4n) is 3.37. The van der Waals surface area contributed by atoms with Crippen molar-refractivity contribution in [2.45, 2.75) is 32.5 Å². The molecule has 1 aliphatic rings. The standard InChI is InChI=1S/C20H18F3N3/c1-12-8-19-17(10-24-12)20(13-2-5-15(21)6-3-13)25-26(19)11-14-4-7-16(22)9-18(14)23/h2-7,9,12,24H,8,10-11H2,1H3. The summed E-state index contributed by atoms with van der Waals surface area (Å²) >= 11 is 0. The van der Waals surface area contributed by atoms with Crippen molar-refractivity contribution in [3.05, 3.63) is 76.7 Å². The predicted molar refractivity (Wildman–Crippen MR) is 93.1 cm³/mol. The van der Waals surface area contributed by atoms with Crippen molar-refractivity contribution < 1.29 is 13.2 Å². The molecule has 0 aliphatic carbocycles. The van der Waals surface area contributed by atoms with Crippen LogP contribution >= 0.6 is 0 Å². The van der Waals surface area contributed by atoms with Crippen molar-refractivity contribution in [1.29, 1.82) is 0 Å². The van der Waals surface area contributed by atoms with E-state index in [1.54, 1.807) is 16.8 Å². The number of aromatic nitrogens is 2. The van der Waals surface area contributed by atoms with Crippen LogP contribution in [0.5, 0.6) is 0 Å². The van der Waals surface area contributed by atoms with Crippen LogP contribution in [0.3, 0.4) is 0 Å². The molecule has 134 valence electrons. The van der Waals surface area contributed by atoms with Crippen LogP contribution in [-0.4, -0.2) is 15.8 Å². The maximum Gasteiger partial charge on any atom is 0.131 e. The van der Waals surface area contributed by atoms with Crippen LogP contribution in [0, 0.1) is 17.5 Å². The summed E-state index contributed by atoms with van der Waals surface area (Å²) in [4.78, 5) is 0. The Morgan fingerprint density at radius 3 is 2.54 bits per heavy atom. The van der Waals surface area contributed by atoms with E-state index in [-0.39, 0.29) is 18.4 Å². The lowest BCUT2D eigenvalue weighted by molar-refractivity contribution is 0.484. The van der Waals surface area contributed by atoms with Gasteiger partial charge in [0, 0.05) is 47.5 Å². The van der Waals surface area contributed by atoms with E-state index in [9.17, 15) is 13.2 Å². The van der Waals surface area contributed by atoms with E-state index in [0.29, 0.717) is 12.1 Å². The quantitative estimate of drug-likeness (QED) is 0.766. The van der Waals surface area contributed by atoms with Gasteiger partial charge in [0.1, 0.15) is 17.5 Å². The van der Waals surface area contributed by atoms with Crippen LogP contribution in [-0.2, 0) is 19.5 Å². The van der Waals surface area contributed by atoms with Gasteiger partial charge in [-0.2, -0.15) is 5.10 Å². The number of fused-ring (bicyclic) bond motifs is 1. The zero-order valence-corrected chi connectivity index (χ0v) is 14.3. The first-order valence-corrected chi connectivity index (χ1v) is 8.53. The van der Waals surface area contributed by atoms with Crippen LogP contribution in [0.1, 0.15) is 23.7 Å². The van der Waals surface area contributed by atoms with E-state index in [1.807, 2.05) is 0 Å². The topological polar surface area (TPSA) is 29.9 Å². The summed E-state index contributed by atoms with van der Waals surface area (Å²) in [5, 5.41) is 8.08. The molecule has 0 fully saturated rings. The summed E-state index contributed by atoms with van der Waals surface area (Å²) in [6.07, 6.45) is 0.756. The highest BCUT2D eigenvalue weighted by Gasteiger charge is 2.25. The Morgan fingerprint density at radius 2 is 1.81 bits per heavy atom. The first-order chi connectivity index (χ1) is 12.5. The molecule has 0 spiro atoms. The van der Waals surface area contributed by atoms with Crippen LogP contribution < -0.4 is 5.32 Å². The normalized spacial score (nSPS) is 16.5. The zero-order chi connectivity index (χ0) is 18.3. The number of hydrogen-bond donors (Lipinski definition) is 1. The first kappa shape index (κ1) is 16.8. The lowest BCUT2D eigenvalue weighted by atomic mass is 9.98. The molecule has 1 N–H and O–H groups in total. The fraction of sp³-hybridized carbons (Fsp3) is 0.250. The van der Waals surface area contributed by atoms with Gasteiger partial charge >= 0.3 is 0 Å². The lowest BCUT2D eigenvalue weighted by Crippen LogP contribution is -2.33. The van der Waals surface area contributed by atoms with Gasteiger partial charge in [-0.05, 0) is 37.3 Å². The Bertz CT molecular complexity index is 948. The maximum atomic E-state index is 14.1. The predicted octanol–water partition coefficient (Wildman–Crippen LogP) is 4.05. The van der Waals surface area contributed by atoms with Gasteiger partial charge in [-0.3, -0.25) is 4.68 Å². The third-order valence-corrected chi connectivity index (χ3v) is 4.75. The summed E-state index contributed by atoms with van der Waals surface area (Å²) in [5.41, 5.74) is 4.03. The average molecular weight is 357 g/mol. The second-order valence-electron chi connectivity index (χ2n) is 6.66. The Labute approximate surface area is 149 Å². The van der Waals surface area contributed by atoms with E-state index in [2.05, 4.69) is 17.3 Å². The smallest absolute Gasteiger partial charge is 0.131 e. The minimum atomic E-state index is -0.599. The van der Waals surface area contributed by atoms with Gasteiger partial charge in [0.25, 0.3) is 0 Å². The summed E-state index contributed by atoms with van der Waals surface area (Å²) in [5.74, 6) is -1.49. The molecule has 1 aromatic heterocycles. The third kappa shape index (κ3) is 3.12. The summed E-state index contributed by atoms with van der Waals surface area (Å²) in [6.45, 7) is 2.95. The molecular weight excluding hydrogens is 339 g/mol. The van der Waals surface area contributed by atoms with Crippen LogP contribution in [0.2, 0.25) is 0 Å². The number of nitrogens with one attached hydrogen (secondary N) is 1. The summed E-state index contributed by atoms with van der Waals surface area (Å²) in [7, 11) is 0. The van der Waals surface area contributed by atoms with Crippen LogP contribution in [0.25, 0.3) is 11.3 Å². The van der Waals surface area contributed by atoms with Crippen molar-refractivity contribution in [2.24, 2.45) is 0 Å². The second-order valence-corrected chi connectivity index (χ2v) is 6.66. The zero-order valence-electron chi connectivity index (χ0n) is 14.3. The Balaban J connectivity index is 1.78. The Morgan fingerprint density at radius 1 is 1.08 bits per heavy atom. The van der Waals surface area contributed by atoms with Crippen molar-refractivity contribution in [3.8, 4) is 11.3 Å². The Kier molecular flexibility index (Phi) is 4.28. The van der Waals surface area contributed by atoms with E-state index < -0.39 is 11.6 Å². The van der Waals surface area contributed by atoms with Crippen LogP contribution in [0.15, 0.2) is 42.5 Å². The molecule has 0 radical (unpaired) electrons. The molecule has 6 heteroatoms. The monoisotopic (exact) mass is 357 g/mol. The highest BCUT2D eigenvalue weighted by atomic mass is 19.1. The van der Waals surface area contributed by atoms with E-state index in [1.165, 1.54) is 24.3 Å². The van der Waals surface area contributed by atoms with E-state index >= 15 is 0 Å². The van der Waals surface area contributed by atoms with Crippen molar-refractivity contribution in [3.63, 3.8) is 0 Å². The number of nitrogens with zero attached hydrogens (tertiary/aromatic N) is 2.